The molecule has 0 amide bonds. The van der Waals surface area contributed by atoms with Crippen LogP contribution in [0.3, 0.4) is 0 Å². The monoisotopic (exact) mass is 309 g/mol. The molecule has 1 unspecified atom stereocenters. The fraction of sp³-hybridized carbons (Fsp3) is 0.333. The van der Waals surface area contributed by atoms with Crippen molar-refractivity contribution >= 4 is 32.7 Å². The van der Waals surface area contributed by atoms with E-state index in [9.17, 15) is 9.59 Å². The molecular weight excluding hydrogens is 298 g/mol. The second kappa shape index (κ2) is 4.37. The number of carbonyl (C=O) groups excluding carboxylic acids is 1. The zero-order chi connectivity index (χ0) is 12.7. The van der Waals surface area contributed by atoms with Crippen molar-refractivity contribution in [2.24, 2.45) is 0 Å². The van der Waals surface area contributed by atoms with Crippen LogP contribution in [0.1, 0.15) is 23.2 Å². The maximum Gasteiger partial charge on any atom is 0.323 e. The van der Waals surface area contributed by atoms with E-state index < -0.39 is 0 Å². The highest BCUT2D eigenvalue weighted by molar-refractivity contribution is 9.10. The number of hydrogen-bond donors (Lipinski definition) is 3. The van der Waals surface area contributed by atoms with Crippen LogP contribution in [0.15, 0.2) is 21.4 Å². The lowest BCUT2D eigenvalue weighted by atomic mass is 10.0. The number of benzene rings is 1. The van der Waals surface area contributed by atoms with Gasteiger partial charge in [0.1, 0.15) is 0 Å². The van der Waals surface area contributed by atoms with Gasteiger partial charge in [0.15, 0.2) is 5.78 Å². The van der Waals surface area contributed by atoms with E-state index in [1.54, 1.807) is 12.1 Å². The minimum absolute atomic E-state index is 0.0725. The summed E-state index contributed by atoms with van der Waals surface area (Å²) in [6.07, 6.45) is 1.89. The van der Waals surface area contributed by atoms with Gasteiger partial charge in [-0.2, -0.15) is 0 Å². The summed E-state index contributed by atoms with van der Waals surface area (Å²) in [4.78, 5) is 28.9. The van der Waals surface area contributed by atoms with E-state index in [0.717, 1.165) is 19.4 Å². The predicted octanol–water partition coefficient (Wildman–Crippen LogP) is 1.55. The smallest absolute Gasteiger partial charge is 0.307 e. The largest absolute Gasteiger partial charge is 0.323 e. The number of Topliss-reactive ketones (excluding diaryl/α,β-unsaturated/α-hetero) is 1. The van der Waals surface area contributed by atoms with E-state index in [-0.39, 0.29) is 17.5 Å². The van der Waals surface area contributed by atoms with Crippen molar-refractivity contribution in [3.05, 3.63) is 32.7 Å². The number of nitrogens with one attached hydrogen (secondary N) is 3. The van der Waals surface area contributed by atoms with E-state index in [2.05, 4.69) is 31.2 Å². The molecule has 1 aliphatic heterocycles. The molecule has 1 fully saturated rings. The molecule has 0 saturated carbocycles. The lowest BCUT2D eigenvalue weighted by molar-refractivity contribution is 0.0951. The zero-order valence-electron chi connectivity index (χ0n) is 9.55. The molecule has 94 valence electrons. The second-order valence-corrected chi connectivity index (χ2v) is 5.32. The summed E-state index contributed by atoms with van der Waals surface area (Å²) in [6.45, 7) is 0.886. The van der Waals surface area contributed by atoms with E-state index in [1.807, 2.05) is 0 Å². The van der Waals surface area contributed by atoms with E-state index in [1.165, 1.54) is 0 Å². The first-order chi connectivity index (χ1) is 8.65. The van der Waals surface area contributed by atoms with Gasteiger partial charge < -0.3 is 15.3 Å². The van der Waals surface area contributed by atoms with Gasteiger partial charge in [-0.05, 0) is 47.4 Å². The molecule has 3 N–H and O–H groups in total. The number of imidazole rings is 1. The SMILES string of the molecule is O=C(c1cc2[nH]c(=O)[nH]c2cc1Br)C1CCCN1. The number of H-pyrrole nitrogens is 2. The van der Waals surface area contributed by atoms with Crippen molar-refractivity contribution < 1.29 is 4.79 Å². The van der Waals surface area contributed by atoms with Gasteiger partial charge in [-0.1, -0.05) is 0 Å². The van der Waals surface area contributed by atoms with Crippen LogP contribution in [-0.2, 0) is 0 Å². The van der Waals surface area contributed by atoms with Gasteiger partial charge in [-0.15, -0.1) is 0 Å². The van der Waals surface area contributed by atoms with Crippen molar-refractivity contribution in [3.63, 3.8) is 0 Å². The Morgan fingerprint density at radius 1 is 1.28 bits per heavy atom. The van der Waals surface area contributed by atoms with Gasteiger partial charge in [-0.3, -0.25) is 4.79 Å². The number of rotatable bonds is 2. The Bertz CT molecular complexity index is 668. The minimum Gasteiger partial charge on any atom is -0.307 e. The molecule has 0 radical (unpaired) electrons. The van der Waals surface area contributed by atoms with E-state index in [4.69, 9.17) is 0 Å². The maximum atomic E-state index is 12.3. The predicted molar refractivity (Wildman–Crippen MR) is 72.0 cm³/mol. The molecule has 2 heterocycles. The van der Waals surface area contributed by atoms with Crippen LogP contribution in [-0.4, -0.2) is 28.3 Å². The standard InChI is InChI=1S/C12H12BrN3O2/c13-7-5-10-9(15-12(18)16-10)4-6(7)11(17)8-2-1-3-14-8/h4-5,8,14H,1-3H2,(H2,15,16,18). The van der Waals surface area contributed by atoms with Crippen LogP contribution in [0.25, 0.3) is 11.0 Å². The Hall–Kier alpha value is -1.40. The fourth-order valence-corrected chi connectivity index (χ4v) is 2.88. The molecule has 1 aliphatic rings. The summed E-state index contributed by atoms with van der Waals surface area (Å²) in [5.41, 5.74) is 1.70. The molecule has 1 aromatic heterocycles. The zero-order valence-corrected chi connectivity index (χ0v) is 11.1. The lowest BCUT2D eigenvalue weighted by Gasteiger charge is -2.10. The number of carbonyl (C=O) groups is 1. The number of aromatic nitrogens is 2. The molecule has 2 aromatic rings. The summed E-state index contributed by atoms with van der Waals surface area (Å²) in [6, 6.07) is 3.37. The molecule has 18 heavy (non-hydrogen) atoms. The molecular formula is C12H12BrN3O2. The highest BCUT2D eigenvalue weighted by Crippen LogP contribution is 2.24. The fourth-order valence-electron chi connectivity index (χ4n) is 2.34. The van der Waals surface area contributed by atoms with Gasteiger partial charge in [0.2, 0.25) is 0 Å². The van der Waals surface area contributed by atoms with Crippen molar-refractivity contribution in [1.82, 2.24) is 15.3 Å². The highest BCUT2D eigenvalue weighted by atomic mass is 79.9. The quantitative estimate of drug-likeness (QED) is 0.737. The molecule has 3 rings (SSSR count). The van der Waals surface area contributed by atoms with Crippen LogP contribution in [0.2, 0.25) is 0 Å². The van der Waals surface area contributed by atoms with Gasteiger partial charge in [0.25, 0.3) is 0 Å². The van der Waals surface area contributed by atoms with Crippen LogP contribution < -0.4 is 11.0 Å². The lowest BCUT2D eigenvalue weighted by Crippen LogP contribution is -2.30. The molecule has 0 aliphatic carbocycles. The Balaban J connectivity index is 2.07. The van der Waals surface area contributed by atoms with Crippen LogP contribution in [0, 0.1) is 0 Å². The molecule has 0 bridgehead atoms. The third kappa shape index (κ3) is 1.91. The Kier molecular flexibility index (Phi) is 2.83. The van der Waals surface area contributed by atoms with E-state index in [0.29, 0.717) is 21.1 Å². The first-order valence-electron chi connectivity index (χ1n) is 5.84. The number of hydrogen-bond acceptors (Lipinski definition) is 3. The summed E-state index contributed by atoms with van der Waals surface area (Å²) in [5, 5.41) is 3.19. The van der Waals surface area contributed by atoms with Crippen LogP contribution in [0.5, 0.6) is 0 Å². The first-order valence-corrected chi connectivity index (χ1v) is 6.63. The summed E-state index contributed by atoms with van der Waals surface area (Å²) in [7, 11) is 0. The highest BCUT2D eigenvalue weighted by Gasteiger charge is 2.25. The average molecular weight is 310 g/mol. The normalized spacial score (nSPS) is 19.5. The summed E-state index contributed by atoms with van der Waals surface area (Å²) < 4.78 is 0.712. The number of fused-ring (bicyclic) bond motifs is 1. The van der Waals surface area contributed by atoms with Crippen molar-refractivity contribution in [1.29, 1.82) is 0 Å². The first kappa shape index (κ1) is 11.7. The Morgan fingerprint density at radius 2 is 2.00 bits per heavy atom. The Labute approximate surface area is 111 Å². The molecule has 0 spiro atoms. The molecule has 5 nitrogen and oxygen atoms in total. The van der Waals surface area contributed by atoms with Crippen LogP contribution >= 0.6 is 15.9 Å². The number of ketones is 1. The van der Waals surface area contributed by atoms with Crippen LogP contribution in [0.4, 0.5) is 0 Å². The number of aromatic amines is 2. The molecule has 6 heteroatoms. The van der Waals surface area contributed by atoms with Crippen molar-refractivity contribution in [2.75, 3.05) is 6.54 Å². The topological polar surface area (TPSA) is 77.8 Å². The Morgan fingerprint density at radius 3 is 2.67 bits per heavy atom. The summed E-state index contributed by atoms with van der Waals surface area (Å²) in [5.74, 6) is 0.0725. The third-order valence-electron chi connectivity index (χ3n) is 3.25. The average Bonchev–Trinajstić information content (AvgIpc) is 2.94. The maximum absolute atomic E-state index is 12.3. The van der Waals surface area contributed by atoms with Crippen molar-refractivity contribution in [3.8, 4) is 0 Å². The van der Waals surface area contributed by atoms with Gasteiger partial charge in [0.05, 0.1) is 17.1 Å². The summed E-state index contributed by atoms with van der Waals surface area (Å²) >= 11 is 3.39. The molecule has 1 aromatic carbocycles. The molecule has 1 atom stereocenters. The minimum atomic E-state index is -0.263. The molecule has 1 saturated heterocycles. The third-order valence-corrected chi connectivity index (χ3v) is 3.90. The van der Waals surface area contributed by atoms with Crippen molar-refractivity contribution in [2.45, 2.75) is 18.9 Å². The van der Waals surface area contributed by atoms with Gasteiger partial charge in [0, 0.05) is 10.0 Å². The number of halogens is 1. The van der Waals surface area contributed by atoms with Gasteiger partial charge >= 0.3 is 5.69 Å². The van der Waals surface area contributed by atoms with E-state index >= 15 is 0 Å². The van der Waals surface area contributed by atoms with Gasteiger partial charge in [-0.25, -0.2) is 4.79 Å². The second-order valence-electron chi connectivity index (χ2n) is 4.47.